The third-order valence-electron chi connectivity index (χ3n) is 4.89. The first-order valence-corrected chi connectivity index (χ1v) is 8.27. The molecular weight excluding hydrogens is 274 g/mol. The van der Waals surface area contributed by atoms with E-state index in [-0.39, 0.29) is 5.91 Å². The minimum Gasteiger partial charge on any atom is -0.370 e. The molecule has 1 amide bonds. The van der Waals surface area contributed by atoms with Gasteiger partial charge in [0.1, 0.15) is 5.69 Å². The number of pyridine rings is 1. The Morgan fingerprint density at radius 2 is 1.82 bits per heavy atom. The molecule has 0 saturated carbocycles. The molecule has 0 unspecified atom stereocenters. The molecule has 0 aliphatic carbocycles. The van der Waals surface area contributed by atoms with Crippen LogP contribution in [0.2, 0.25) is 0 Å². The molecule has 0 N–H and O–H groups in total. The molecule has 118 valence electrons. The number of aromatic nitrogens is 1. The van der Waals surface area contributed by atoms with Crippen molar-refractivity contribution in [2.75, 3.05) is 26.2 Å². The number of nitrogens with zero attached hydrogens (tertiary/aromatic N) is 3. The van der Waals surface area contributed by atoms with Crippen LogP contribution in [0.5, 0.6) is 0 Å². The molecule has 2 fully saturated rings. The number of rotatable bonds is 4. The van der Waals surface area contributed by atoms with Crippen LogP contribution in [0.1, 0.15) is 42.9 Å². The number of hydrogen-bond donors (Lipinski definition) is 0. The molecule has 4 heteroatoms. The summed E-state index contributed by atoms with van der Waals surface area (Å²) in [5.41, 5.74) is 2.31. The lowest BCUT2D eigenvalue weighted by Crippen LogP contribution is -2.52. The molecule has 1 aromatic rings. The van der Waals surface area contributed by atoms with Gasteiger partial charge in [0, 0.05) is 26.2 Å². The van der Waals surface area contributed by atoms with Crippen LogP contribution in [-0.4, -0.2) is 46.9 Å². The van der Waals surface area contributed by atoms with Crippen molar-refractivity contribution in [2.24, 2.45) is 11.8 Å². The fourth-order valence-corrected chi connectivity index (χ4v) is 3.13. The van der Waals surface area contributed by atoms with E-state index in [1.165, 1.54) is 12.8 Å². The van der Waals surface area contributed by atoms with Crippen molar-refractivity contribution in [3.63, 3.8) is 0 Å². The SMILES string of the molecule is C=C(c1cccc(C(=O)N2CC(C(C)C)C2)n1)N1CCCC1. The van der Waals surface area contributed by atoms with E-state index in [0.29, 0.717) is 17.5 Å². The quantitative estimate of drug-likeness (QED) is 0.858. The minimum atomic E-state index is 0.0490. The van der Waals surface area contributed by atoms with Gasteiger partial charge in [-0.1, -0.05) is 26.5 Å². The third kappa shape index (κ3) is 2.87. The van der Waals surface area contributed by atoms with Crippen molar-refractivity contribution in [3.05, 3.63) is 36.2 Å². The highest BCUT2D eigenvalue weighted by molar-refractivity contribution is 5.93. The molecule has 0 atom stereocenters. The number of carbonyl (C=O) groups excluding carboxylic acids is 1. The van der Waals surface area contributed by atoms with Crippen LogP contribution in [0, 0.1) is 11.8 Å². The molecule has 22 heavy (non-hydrogen) atoms. The van der Waals surface area contributed by atoms with Crippen LogP contribution in [0.4, 0.5) is 0 Å². The van der Waals surface area contributed by atoms with Crippen molar-refractivity contribution in [1.82, 2.24) is 14.8 Å². The Morgan fingerprint density at radius 1 is 1.18 bits per heavy atom. The second-order valence-electron chi connectivity index (χ2n) is 6.76. The Labute approximate surface area is 132 Å². The molecule has 1 aromatic heterocycles. The molecule has 0 spiro atoms. The number of amides is 1. The van der Waals surface area contributed by atoms with Gasteiger partial charge in [-0.2, -0.15) is 0 Å². The lowest BCUT2D eigenvalue weighted by Gasteiger charge is -2.41. The molecule has 2 aliphatic rings. The molecule has 0 radical (unpaired) electrons. The summed E-state index contributed by atoms with van der Waals surface area (Å²) in [7, 11) is 0. The Kier molecular flexibility index (Phi) is 4.19. The first kappa shape index (κ1) is 15.1. The van der Waals surface area contributed by atoms with Gasteiger partial charge in [0.2, 0.25) is 0 Å². The fraction of sp³-hybridized carbons (Fsp3) is 0.556. The summed E-state index contributed by atoms with van der Waals surface area (Å²) >= 11 is 0. The van der Waals surface area contributed by atoms with E-state index >= 15 is 0 Å². The van der Waals surface area contributed by atoms with Crippen LogP contribution < -0.4 is 0 Å². The van der Waals surface area contributed by atoms with E-state index in [0.717, 1.165) is 37.6 Å². The van der Waals surface area contributed by atoms with E-state index in [1.807, 2.05) is 23.1 Å². The Hall–Kier alpha value is -1.84. The molecule has 2 aliphatic heterocycles. The maximum absolute atomic E-state index is 12.5. The fourth-order valence-electron chi connectivity index (χ4n) is 3.13. The highest BCUT2D eigenvalue weighted by atomic mass is 16.2. The lowest BCUT2D eigenvalue weighted by atomic mass is 9.88. The summed E-state index contributed by atoms with van der Waals surface area (Å²) < 4.78 is 0. The van der Waals surface area contributed by atoms with Gasteiger partial charge in [0.25, 0.3) is 5.91 Å². The van der Waals surface area contributed by atoms with Gasteiger partial charge in [0.05, 0.1) is 11.4 Å². The highest BCUT2D eigenvalue weighted by Crippen LogP contribution is 2.25. The zero-order valence-electron chi connectivity index (χ0n) is 13.6. The summed E-state index contributed by atoms with van der Waals surface area (Å²) in [5, 5.41) is 0. The minimum absolute atomic E-state index is 0.0490. The Morgan fingerprint density at radius 3 is 2.45 bits per heavy atom. The van der Waals surface area contributed by atoms with Crippen molar-refractivity contribution in [3.8, 4) is 0 Å². The van der Waals surface area contributed by atoms with Crippen LogP contribution in [0.15, 0.2) is 24.8 Å². The Bertz CT molecular complexity index is 569. The number of hydrogen-bond acceptors (Lipinski definition) is 3. The van der Waals surface area contributed by atoms with Crippen LogP contribution in [-0.2, 0) is 0 Å². The van der Waals surface area contributed by atoms with E-state index < -0.39 is 0 Å². The first-order chi connectivity index (χ1) is 10.6. The van der Waals surface area contributed by atoms with Crippen LogP contribution in [0.25, 0.3) is 5.70 Å². The van der Waals surface area contributed by atoms with Gasteiger partial charge in [0.15, 0.2) is 0 Å². The highest BCUT2D eigenvalue weighted by Gasteiger charge is 2.33. The van der Waals surface area contributed by atoms with Gasteiger partial charge in [-0.25, -0.2) is 4.98 Å². The molecule has 0 bridgehead atoms. The van der Waals surface area contributed by atoms with Crippen LogP contribution in [0.3, 0.4) is 0 Å². The van der Waals surface area contributed by atoms with Crippen molar-refractivity contribution in [2.45, 2.75) is 26.7 Å². The van der Waals surface area contributed by atoms with Crippen molar-refractivity contribution in [1.29, 1.82) is 0 Å². The molecule has 3 rings (SSSR count). The molecule has 2 saturated heterocycles. The summed E-state index contributed by atoms with van der Waals surface area (Å²) in [4.78, 5) is 21.2. The normalized spacial score (nSPS) is 18.7. The van der Waals surface area contributed by atoms with Gasteiger partial charge in [-0.05, 0) is 36.8 Å². The topological polar surface area (TPSA) is 36.4 Å². The number of carbonyl (C=O) groups is 1. The van der Waals surface area contributed by atoms with Gasteiger partial charge in [-0.3, -0.25) is 4.79 Å². The van der Waals surface area contributed by atoms with E-state index in [1.54, 1.807) is 0 Å². The summed E-state index contributed by atoms with van der Waals surface area (Å²) in [6, 6.07) is 5.67. The summed E-state index contributed by atoms with van der Waals surface area (Å²) in [6.07, 6.45) is 2.42. The van der Waals surface area contributed by atoms with E-state index in [4.69, 9.17) is 0 Å². The average Bonchev–Trinajstić information content (AvgIpc) is 2.98. The van der Waals surface area contributed by atoms with Crippen molar-refractivity contribution < 1.29 is 4.79 Å². The average molecular weight is 299 g/mol. The largest absolute Gasteiger partial charge is 0.370 e. The smallest absolute Gasteiger partial charge is 0.272 e. The lowest BCUT2D eigenvalue weighted by molar-refractivity contribution is 0.0401. The second kappa shape index (κ2) is 6.11. The third-order valence-corrected chi connectivity index (χ3v) is 4.89. The monoisotopic (exact) mass is 299 g/mol. The first-order valence-electron chi connectivity index (χ1n) is 8.27. The standard InChI is InChI=1S/C18H25N3O/c1-13(2)15-11-21(12-15)18(22)17-8-6-7-16(19-17)14(3)20-9-4-5-10-20/h6-8,13,15H,3-5,9-12H2,1-2H3. The van der Waals surface area contributed by atoms with Gasteiger partial charge >= 0.3 is 0 Å². The predicted octanol–water partition coefficient (Wildman–Crippen LogP) is 2.88. The molecule has 0 aromatic carbocycles. The van der Waals surface area contributed by atoms with E-state index in [9.17, 15) is 4.79 Å². The molecule has 3 heterocycles. The van der Waals surface area contributed by atoms with E-state index in [2.05, 4.69) is 30.3 Å². The van der Waals surface area contributed by atoms with Crippen LogP contribution >= 0.6 is 0 Å². The number of likely N-dealkylation sites (tertiary alicyclic amines) is 2. The predicted molar refractivity (Wildman–Crippen MR) is 88.3 cm³/mol. The second-order valence-corrected chi connectivity index (χ2v) is 6.76. The zero-order chi connectivity index (χ0) is 15.7. The van der Waals surface area contributed by atoms with Gasteiger partial charge in [-0.15, -0.1) is 0 Å². The molecule has 4 nitrogen and oxygen atoms in total. The maximum Gasteiger partial charge on any atom is 0.272 e. The summed E-state index contributed by atoms with van der Waals surface area (Å²) in [5.74, 6) is 1.32. The summed E-state index contributed by atoms with van der Waals surface area (Å²) in [6.45, 7) is 12.4. The molecular formula is C18H25N3O. The van der Waals surface area contributed by atoms with Gasteiger partial charge < -0.3 is 9.80 Å². The zero-order valence-corrected chi connectivity index (χ0v) is 13.6. The maximum atomic E-state index is 12.5. The van der Waals surface area contributed by atoms with Crippen molar-refractivity contribution >= 4 is 11.6 Å². The Balaban J connectivity index is 1.69.